The molecule has 2 aliphatic rings. The van der Waals surface area contributed by atoms with E-state index in [9.17, 15) is 13.9 Å². The summed E-state index contributed by atoms with van der Waals surface area (Å²) >= 11 is 0. The Morgan fingerprint density at radius 3 is 2.78 bits per heavy atom. The van der Waals surface area contributed by atoms with E-state index >= 15 is 0 Å². The second-order valence-electron chi connectivity index (χ2n) is 7.47. The Balaban J connectivity index is 1.37. The topological polar surface area (TPSA) is 117 Å². The van der Waals surface area contributed by atoms with E-state index in [1.54, 1.807) is 34.5 Å². The Kier molecular flexibility index (Phi) is 4.75. The lowest BCUT2D eigenvalue weighted by Crippen LogP contribution is -2.49. The van der Waals surface area contributed by atoms with Gasteiger partial charge in [-0.1, -0.05) is 15.9 Å². The number of rotatable bonds is 5. The van der Waals surface area contributed by atoms with E-state index in [1.807, 2.05) is 6.92 Å². The first-order valence-electron chi connectivity index (χ1n) is 9.15. The fourth-order valence-electron chi connectivity index (χ4n) is 3.53. The third-order valence-electron chi connectivity index (χ3n) is 5.18. The minimum atomic E-state index is -3.13. The highest BCUT2D eigenvalue weighted by Gasteiger charge is 2.37. The first kappa shape index (κ1) is 18.5. The molecule has 9 nitrogen and oxygen atoms in total. The summed E-state index contributed by atoms with van der Waals surface area (Å²) in [6.45, 7) is 2.38. The van der Waals surface area contributed by atoms with Gasteiger partial charge in [-0.2, -0.15) is 4.31 Å². The van der Waals surface area contributed by atoms with E-state index in [2.05, 4.69) is 15.5 Å². The van der Waals surface area contributed by atoms with Gasteiger partial charge >= 0.3 is 0 Å². The summed E-state index contributed by atoms with van der Waals surface area (Å²) in [7, 11) is -1.34. The number of aromatic nitrogens is 3. The molecule has 2 fully saturated rings. The molecule has 2 atom stereocenters. The SMILES string of the molecule is C[C@H]1C[C@H](NC(=O)c2cc(C3CC3)on2)CCN1S(O)(O)c1cn(C)cn1. The Hall–Kier alpha value is -1.88. The second-order valence-corrected chi connectivity index (χ2v) is 9.39. The van der Waals surface area contributed by atoms with E-state index in [4.69, 9.17) is 4.52 Å². The fourth-order valence-corrected chi connectivity index (χ4v) is 5.21. The van der Waals surface area contributed by atoms with Gasteiger partial charge in [-0.15, -0.1) is 0 Å². The Morgan fingerprint density at radius 2 is 2.15 bits per heavy atom. The van der Waals surface area contributed by atoms with E-state index in [0.717, 1.165) is 18.6 Å². The highest BCUT2D eigenvalue weighted by Crippen LogP contribution is 2.53. The zero-order valence-corrected chi connectivity index (χ0v) is 16.2. The van der Waals surface area contributed by atoms with Crippen molar-refractivity contribution in [1.29, 1.82) is 0 Å². The van der Waals surface area contributed by atoms with E-state index in [0.29, 0.717) is 31.0 Å². The molecule has 0 bridgehead atoms. The van der Waals surface area contributed by atoms with Crippen LogP contribution in [0.25, 0.3) is 0 Å². The molecule has 1 aliphatic carbocycles. The molecule has 1 amide bonds. The number of hydrogen-bond acceptors (Lipinski definition) is 7. The molecule has 3 N–H and O–H groups in total. The first-order chi connectivity index (χ1) is 12.8. The van der Waals surface area contributed by atoms with Crippen LogP contribution in [0.2, 0.25) is 0 Å². The number of imidazole rings is 1. The molecule has 0 radical (unpaired) electrons. The van der Waals surface area contributed by atoms with E-state index in [-0.39, 0.29) is 23.0 Å². The molecule has 2 aromatic heterocycles. The molecule has 4 rings (SSSR count). The smallest absolute Gasteiger partial charge is 0.273 e. The van der Waals surface area contributed by atoms with Crippen LogP contribution in [-0.4, -0.2) is 52.7 Å². The number of piperidine rings is 1. The van der Waals surface area contributed by atoms with Gasteiger partial charge in [0.15, 0.2) is 10.7 Å². The largest absolute Gasteiger partial charge is 0.360 e. The molecule has 1 aliphatic heterocycles. The molecule has 3 heterocycles. The van der Waals surface area contributed by atoms with Crippen LogP contribution in [0, 0.1) is 0 Å². The van der Waals surface area contributed by atoms with Crippen LogP contribution >= 0.6 is 10.8 Å². The molecular weight excluding hydrogens is 370 g/mol. The number of nitrogens with zero attached hydrogens (tertiary/aromatic N) is 4. The minimum absolute atomic E-state index is 0.0521. The fraction of sp³-hybridized carbons (Fsp3) is 0.588. The highest BCUT2D eigenvalue weighted by atomic mass is 32.3. The summed E-state index contributed by atoms with van der Waals surface area (Å²) in [6.07, 6.45) is 6.59. The van der Waals surface area contributed by atoms with Gasteiger partial charge in [0.05, 0.1) is 6.33 Å². The summed E-state index contributed by atoms with van der Waals surface area (Å²) in [5.74, 6) is 0.958. The summed E-state index contributed by atoms with van der Waals surface area (Å²) in [4.78, 5) is 16.5. The lowest BCUT2D eigenvalue weighted by Gasteiger charge is -2.48. The average Bonchev–Trinajstić information content (AvgIpc) is 3.16. The van der Waals surface area contributed by atoms with E-state index in [1.165, 1.54) is 0 Å². The number of nitrogens with one attached hydrogen (secondary N) is 1. The van der Waals surface area contributed by atoms with Crippen molar-refractivity contribution in [1.82, 2.24) is 24.3 Å². The van der Waals surface area contributed by atoms with Crippen molar-refractivity contribution in [2.45, 2.75) is 55.6 Å². The number of carbonyl (C=O) groups excluding carboxylic acids is 1. The lowest BCUT2D eigenvalue weighted by molar-refractivity contribution is 0.0903. The predicted octanol–water partition coefficient (Wildman–Crippen LogP) is 2.59. The normalized spacial score (nSPS) is 24.7. The van der Waals surface area contributed by atoms with Crippen molar-refractivity contribution < 1.29 is 18.4 Å². The predicted molar refractivity (Wildman–Crippen MR) is 99.5 cm³/mol. The zero-order valence-electron chi connectivity index (χ0n) is 15.4. The Bertz CT molecular complexity index is 831. The maximum Gasteiger partial charge on any atom is 0.273 e. The van der Waals surface area contributed by atoms with Crippen molar-refractivity contribution >= 4 is 16.7 Å². The van der Waals surface area contributed by atoms with Gasteiger partial charge < -0.3 is 14.4 Å². The molecule has 1 saturated carbocycles. The Morgan fingerprint density at radius 1 is 1.37 bits per heavy atom. The van der Waals surface area contributed by atoms with Gasteiger partial charge in [-0.05, 0) is 32.6 Å². The summed E-state index contributed by atoms with van der Waals surface area (Å²) in [6, 6.07) is 1.56. The maximum atomic E-state index is 12.4. The number of amides is 1. The first-order valence-corrected chi connectivity index (χ1v) is 10.7. The van der Waals surface area contributed by atoms with Crippen LogP contribution in [0.1, 0.15) is 54.8 Å². The molecule has 10 heteroatoms. The van der Waals surface area contributed by atoms with Crippen LogP contribution < -0.4 is 5.32 Å². The van der Waals surface area contributed by atoms with Gasteiger partial charge in [-0.3, -0.25) is 13.9 Å². The third-order valence-corrected chi connectivity index (χ3v) is 7.15. The molecule has 27 heavy (non-hydrogen) atoms. The highest BCUT2D eigenvalue weighted by molar-refractivity contribution is 8.22. The van der Waals surface area contributed by atoms with Crippen molar-refractivity contribution in [2.75, 3.05) is 6.54 Å². The second kappa shape index (κ2) is 6.93. The van der Waals surface area contributed by atoms with Gasteiger partial charge in [0.25, 0.3) is 5.91 Å². The average molecular weight is 395 g/mol. The third kappa shape index (κ3) is 3.75. The van der Waals surface area contributed by atoms with Crippen LogP contribution in [0.5, 0.6) is 0 Å². The summed E-state index contributed by atoms with van der Waals surface area (Å²) in [5, 5.41) is 7.14. The van der Waals surface area contributed by atoms with Crippen molar-refractivity contribution in [3.05, 3.63) is 30.0 Å². The number of carbonyl (C=O) groups is 1. The molecule has 0 spiro atoms. The Labute approximate surface area is 159 Å². The summed E-state index contributed by atoms with van der Waals surface area (Å²) < 4.78 is 30.0. The minimum Gasteiger partial charge on any atom is -0.360 e. The molecular formula is C17H25N5O4S. The number of aryl methyl sites for hydroxylation is 1. The standard InChI is InChI=1S/C17H25N5O4S/c1-11-7-13(19-17(23)14-8-15(26-20-14)12-3-4-12)5-6-22(11)27(24,25)16-9-21(2)10-18-16/h8-13,24-25H,3-7H2,1-2H3,(H,19,23)/t11-,13+/m0/s1. The van der Waals surface area contributed by atoms with Gasteiger partial charge in [0, 0.05) is 43.9 Å². The quantitative estimate of drug-likeness (QED) is 0.712. The number of hydrogen-bond donors (Lipinski definition) is 3. The summed E-state index contributed by atoms with van der Waals surface area (Å²) in [5.41, 5.74) is 0.310. The van der Waals surface area contributed by atoms with Crippen LogP contribution in [0.4, 0.5) is 0 Å². The van der Waals surface area contributed by atoms with Crippen molar-refractivity contribution in [2.24, 2.45) is 7.05 Å². The van der Waals surface area contributed by atoms with Gasteiger partial charge in [0.2, 0.25) is 0 Å². The maximum absolute atomic E-state index is 12.4. The van der Waals surface area contributed by atoms with Crippen LogP contribution in [-0.2, 0) is 7.05 Å². The molecule has 2 aromatic rings. The van der Waals surface area contributed by atoms with E-state index < -0.39 is 10.8 Å². The lowest BCUT2D eigenvalue weighted by atomic mass is 10.0. The van der Waals surface area contributed by atoms with Crippen molar-refractivity contribution in [3.8, 4) is 0 Å². The molecule has 0 unspecified atom stereocenters. The zero-order chi connectivity index (χ0) is 19.2. The van der Waals surface area contributed by atoms with Crippen LogP contribution in [0.3, 0.4) is 0 Å². The molecule has 1 saturated heterocycles. The van der Waals surface area contributed by atoms with Gasteiger partial charge in [-0.25, -0.2) is 4.98 Å². The molecule has 148 valence electrons. The van der Waals surface area contributed by atoms with Crippen molar-refractivity contribution in [3.63, 3.8) is 0 Å². The monoisotopic (exact) mass is 395 g/mol. The molecule has 0 aromatic carbocycles. The van der Waals surface area contributed by atoms with Gasteiger partial charge in [0.1, 0.15) is 5.76 Å². The van der Waals surface area contributed by atoms with Crippen LogP contribution in [0.15, 0.2) is 28.1 Å².